The molecule has 1 atom stereocenters. The van der Waals surface area contributed by atoms with Crippen molar-refractivity contribution in [3.8, 4) is 0 Å². The molecule has 2 heteroatoms. The summed E-state index contributed by atoms with van der Waals surface area (Å²) in [4.78, 5) is 0. The van der Waals surface area contributed by atoms with E-state index in [1.54, 1.807) is 0 Å². The highest BCUT2D eigenvalue weighted by Crippen LogP contribution is 2.27. The zero-order valence-electron chi connectivity index (χ0n) is 9.05. The standard InChI is InChI=1S/C12H18FN/c1-9(14)8-12(2,3)10-4-6-11(13)7-5-10/h4-7,9H,8,14H2,1-3H3/t9-/m0/s1. The third kappa shape index (κ3) is 2.81. The Kier molecular flexibility index (Phi) is 3.27. The second-order valence-electron chi connectivity index (χ2n) is 4.57. The molecule has 0 radical (unpaired) electrons. The molecule has 1 rings (SSSR count). The molecule has 0 heterocycles. The fraction of sp³-hybridized carbons (Fsp3) is 0.500. The number of nitrogens with two attached hydrogens (primary N) is 1. The molecule has 0 aliphatic carbocycles. The Morgan fingerprint density at radius 3 is 2.21 bits per heavy atom. The number of hydrogen-bond donors (Lipinski definition) is 1. The quantitative estimate of drug-likeness (QED) is 0.788. The Morgan fingerprint density at radius 2 is 1.79 bits per heavy atom. The summed E-state index contributed by atoms with van der Waals surface area (Å²) in [5, 5.41) is 0. The van der Waals surface area contributed by atoms with Crippen molar-refractivity contribution in [2.45, 2.75) is 38.6 Å². The summed E-state index contributed by atoms with van der Waals surface area (Å²) in [6, 6.07) is 6.82. The van der Waals surface area contributed by atoms with E-state index in [-0.39, 0.29) is 17.3 Å². The Morgan fingerprint density at radius 1 is 1.29 bits per heavy atom. The van der Waals surface area contributed by atoms with Crippen molar-refractivity contribution in [1.82, 2.24) is 0 Å². The Bertz CT molecular complexity index is 288. The number of rotatable bonds is 3. The molecule has 1 aromatic rings. The van der Waals surface area contributed by atoms with Gasteiger partial charge in [-0.2, -0.15) is 0 Å². The van der Waals surface area contributed by atoms with Crippen LogP contribution >= 0.6 is 0 Å². The highest BCUT2D eigenvalue weighted by Gasteiger charge is 2.21. The lowest BCUT2D eigenvalue weighted by atomic mass is 9.79. The van der Waals surface area contributed by atoms with Gasteiger partial charge >= 0.3 is 0 Å². The van der Waals surface area contributed by atoms with Crippen LogP contribution < -0.4 is 5.73 Å². The maximum Gasteiger partial charge on any atom is 0.123 e. The molecule has 0 aromatic heterocycles. The van der Waals surface area contributed by atoms with Crippen LogP contribution in [0.3, 0.4) is 0 Å². The first-order valence-electron chi connectivity index (χ1n) is 4.93. The average molecular weight is 195 g/mol. The first kappa shape index (κ1) is 11.2. The van der Waals surface area contributed by atoms with Crippen molar-refractivity contribution in [2.75, 3.05) is 0 Å². The third-order valence-electron chi connectivity index (χ3n) is 2.46. The van der Waals surface area contributed by atoms with Gasteiger partial charge in [0.2, 0.25) is 0 Å². The predicted octanol–water partition coefficient (Wildman–Crippen LogP) is 2.84. The first-order chi connectivity index (χ1) is 6.42. The molecule has 0 amide bonds. The molecule has 0 bridgehead atoms. The maximum absolute atomic E-state index is 12.7. The first-order valence-corrected chi connectivity index (χ1v) is 4.93. The van der Waals surface area contributed by atoms with Gasteiger partial charge in [0.1, 0.15) is 5.82 Å². The lowest BCUT2D eigenvalue weighted by Crippen LogP contribution is -2.28. The smallest absolute Gasteiger partial charge is 0.123 e. The van der Waals surface area contributed by atoms with Gasteiger partial charge in [0.25, 0.3) is 0 Å². The van der Waals surface area contributed by atoms with Crippen LogP contribution in [0.15, 0.2) is 24.3 Å². The molecule has 0 aliphatic heterocycles. The van der Waals surface area contributed by atoms with Crippen LogP contribution in [-0.4, -0.2) is 6.04 Å². The van der Waals surface area contributed by atoms with Crippen molar-refractivity contribution in [1.29, 1.82) is 0 Å². The molecule has 0 spiro atoms. The van der Waals surface area contributed by atoms with E-state index in [2.05, 4.69) is 13.8 Å². The lowest BCUT2D eigenvalue weighted by molar-refractivity contribution is 0.436. The highest BCUT2D eigenvalue weighted by molar-refractivity contribution is 5.24. The fourth-order valence-corrected chi connectivity index (χ4v) is 1.82. The minimum absolute atomic E-state index is 0.0157. The van der Waals surface area contributed by atoms with Crippen LogP contribution in [0.2, 0.25) is 0 Å². The number of halogens is 1. The lowest BCUT2D eigenvalue weighted by Gasteiger charge is -2.27. The summed E-state index contributed by atoms with van der Waals surface area (Å²) in [5.74, 6) is -0.189. The number of benzene rings is 1. The summed E-state index contributed by atoms with van der Waals surface area (Å²) in [5.41, 5.74) is 6.92. The molecule has 0 fully saturated rings. The summed E-state index contributed by atoms with van der Waals surface area (Å²) in [6.07, 6.45) is 0.901. The summed E-state index contributed by atoms with van der Waals surface area (Å²) in [7, 11) is 0. The van der Waals surface area contributed by atoms with Crippen LogP contribution in [0.25, 0.3) is 0 Å². The normalized spacial score (nSPS) is 14.1. The van der Waals surface area contributed by atoms with Gasteiger partial charge in [0.05, 0.1) is 0 Å². The molecule has 78 valence electrons. The summed E-state index contributed by atoms with van der Waals surface area (Å²) < 4.78 is 12.7. The topological polar surface area (TPSA) is 26.0 Å². The van der Waals surface area contributed by atoms with E-state index in [0.717, 1.165) is 12.0 Å². The second-order valence-corrected chi connectivity index (χ2v) is 4.57. The zero-order valence-corrected chi connectivity index (χ0v) is 9.05. The van der Waals surface area contributed by atoms with E-state index in [1.807, 2.05) is 19.1 Å². The van der Waals surface area contributed by atoms with E-state index < -0.39 is 0 Å². The van der Waals surface area contributed by atoms with Crippen LogP contribution in [0.1, 0.15) is 32.8 Å². The van der Waals surface area contributed by atoms with Gasteiger partial charge in [-0.3, -0.25) is 0 Å². The van der Waals surface area contributed by atoms with Crippen molar-refractivity contribution >= 4 is 0 Å². The van der Waals surface area contributed by atoms with Gasteiger partial charge in [0, 0.05) is 6.04 Å². The Labute approximate surface area is 85.1 Å². The SMILES string of the molecule is C[C@H](N)CC(C)(C)c1ccc(F)cc1. The van der Waals surface area contributed by atoms with Crippen LogP contribution in [0.4, 0.5) is 4.39 Å². The third-order valence-corrected chi connectivity index (χ3v) is 2.46. The molecule has 0 unspecified atom stereocenters. The van der Waals surface area contributed by atoms with Crippen LogP contribution in [0.5, 0.6) is 0 Å². The summed E-state index contributed by atoms with van der Waals surface area (Å²) >= 11 is 0. The fourth-order valence-electron chi connectivity index (χ4n) is 1.82. The van der Waals surface area contributed by atoms with Crippen molar-refractivity contribution in [3.05, 3.63) is 35.6 Å². The van der Waals surface area contributed by atoms with Gasteiger partial charge in [0.15, 0.2) is 0 Å². The minimum Gasteiger partial charge on any atom is -0.328 e. The largest absolute Gasteiger partial charge is 0.328 e. The second kappa shape index (κ2) is 4.09. The zero-order chi connectivity index (χ0) is 10.8. The predicted molar refractivity (Wildman–Crippen MR) is 57.7 cm³/mol. The molecule has 0 saturated carbocycles. The van der Waals surface area contributed by atoms with Gasteiger partial charge in [-0.15, -0.1) is 0 Å². The maximum atomic E-state index is 12.7. The van der Waals surface area contributed by atoms with Gasteiger partial charge in [-0.1, -0.05) is 26.0 Å². The molecule has 1 aromatic carbocycles. The number of hydrogen-bond acceptors (Lipinski definition) is 1. The van der Waals surface area contributed by atoms with Crippen molar-refractivity contribution in [2.24, 2.45) is 5.73 Å². The monoisotopic (exact) mass is 195 g/mol. The highest BCUT2D eigenvalue weighted by atomic mass is 19.1. The van der Waals surface area contributed by atoms with Gasteiger partial charge in [-0.25, -0.2) is 4.39 Å². The van der Waals surface area contributed by atoms with E-state index in [1.165, 1.54) is 12.1 Å². The molecule has 14 heavy (non-hydrogen) atoms. The Hall–Kier alpha value is -0.890. The summed E-state index contributed by atoms with van der Waals surface area (Å²) in [6.45, 7) is 6.25. The van der Waals surface area contributed by atoms with Gasteiger partial charge in [-0.05, 0) is 36.5 Å². The molecule has 1 nitrogen and oxygen atoms in total. The van der Waals surface area contributed by atoms with Crippen molar-refractivity contribution < 1.29 is 4.39 Å². The van der Waals surface area contributed by atoms with E-state index in [4.69, 9.17) is 5.73 Å². The van der Waals surface area contributed by atoms with E-state index in [0.29, 0.717) is 0 Å². The van der Waals surface area contributed by atoms with Gasteiger partial charge < -0.3 is 5.73 Å². The van der Waals surface area contributed by atoms with E-state index >= 15 is 0 Å². The molecule has 0 saturated heterocycles. The molecule has 0 aliphatic rings. The molecular formula is C12H18FN. The van der Waals surface area contributed by atoms with Crippen LogP contribution in [0, 0.1) is 5.82 Å². The minimum atomic E-state index is -0.189. The van der Waals surface area contributed by atoms with Crippen molar-refractivity contribution in [3.63, 3.8) is 0 Å². The van der Waals surface area contributed by atoms with Crippen LogP contribution in [-0.2, 0) is 5.41 Å². The Balaban J connectivity index is 2.86. The van der Waals surface area contributed by atoms with E-state index in [9.17, 15) is 4.39 Å². The average Bonchev–Trinajstić information content (AvgIpc) is 2.02. The molecule has 2 N–H and O–H groups in total. The molecular weight excluding hydrogens is 177 g/mol.